The van der Waals surface area contributed by atoms with E-state index in [1.165, 1.54) is 12.8 Å². The summed E-state index contributed by atoms with van der Waals surface area (Å²) in [6.45, 7) is 3.39. The minimum atomic E-state index is -0.182. The van der Waals surface area contributed by atoms with Crippen molar-refractivity contribution in [2.75, 3.05) is 43.4 Å². The van der Waals surface area contributed by atoms with Crippen LogP contribution >= 0.6 is 0 Å². The van der Waals surface area contributed by atoms with Crippen molar-refractivity contribution >= 4 is 29.1 Å². The Labute approximate surface area is 195 Å². The van der Waals surface area contributed by atoms with E-state index >= 15 is 0 Å². The average molecular weight is 449 g/mol. The van der Waals surface area contributed by atoms with Crippen LogP contribution in [-0.2, 0) is 4.79 Å². The van der Waals surface area contributed by atoms with E-state index in [4.69, 9.17) is 0 Å². The first kappa shape index (κ1) is 22.8. The monoisotopic (exact) mass is 448 g/mol. The van der Waals surface area contributed by atoms with Crippen molar-refractivity contribution in [2.45, 2.75) is 38.5 Å². The third-order valence-electron chi connectivity index (χ3n) is 6.29. The first-order valence-corrected chi connectivity index (χ1v) is 11.9. The maximum atomic E-state index is 12.6. The molecular formula is C26H32N4O3. The fourth-order valence-electron chi connectivity index (χ4n) is 4.37. The predicted molar refractivity (Wildman–Crippen MR) is 130 cm³/mol. The number of amides is 3. The standard InChI is InChI=1S/C26H32N4O3/c31-24(28-23-13-9-21(10-14-23)26(33)30-17-5-2-6-18-30)19-27-22-11-7-20(8-12-22)25(32)29-15-3-1-4-16-29/h7-14,27H,1-6,15-19H2,(H,28,31). The van der Waals surface area contributed by atoms with Gasteiger partial charge in [-0.25, -0.2) is 0 Å². The van der Waals surface area contributed by atoms with E-state index in [-0.39, 0.29) is 24.3 Å². The van der Waals surface area contributed by atoms with Crippen LogP contribution in [0.2, 0.25) is 0 Å². The van der Waals surface area contributed by atoms with Gasteiger partial charge in [-0.05, 0) is 87.1 Å². The van der Waals surface area contributed by atoms with Crippen LogP contribution in [-0.4, -0.2) is 60.2 Å². The van der Waals surface area contributed by atoms with E-state index in [2.05, 4.69) is 10.6 Å². The van der Waals surface area contributed by atoms with Crippen molar-refractivity contribution < 1.29 is 14.4 Å². The Morgan fingerprint density at radius 3 is 1.48 bits per heavy atom. The van der Waals surface area contributed by atoms with Crippen LogP contribution in [0.15, 0.2) is 48.5 Å². The summed E-state index contributed by atoms with van der Waals surface area (Å²) in [5.41, 5.74) is 2.75. The molecule has 0 bridgehead atoms. The summed E-state index contributed by atoms with van der Waals surface area (Å²) in [6.07, 6.45) is 6.63. The fraction of sp³-hybridized carbons (Fsp3) is 0.423. The van der Waals surface area contributed by atoms with Crippen LogP contribution in [0, 0.1) is 0 Å². The highest BCUT2D eigenvalue weighted by Crippen LogP contribution is 2.17. The third kappa shape index (κ3) is 6.12. The molecule has 2 aromatic carbocycles. The molecule has 7 heteroatoms. The Balaban J connectivity index is 1.24. The summed E-state index contributed by atoms with van der Waals surface area (Å²) >= 11 is 0. The second-order valence-electron chi connectivity index (χ2n) is 8.76. The minimum Gasteiger partial charge on any atom is -0.376 e. The molecule has 2 aromatic rings. The Hall–Kier alpha value is -3.35. The van der Waals surface area contributed by atoms with Gasteiger partial charge in [0.05, 0.1) is 6.54 Å². The molecule has 0 aliphatic carbocycles. The molecule has 0 radical (unpaired) electrons. The smallest absolute Gasteiger partial charge is 0.253 e. The zero-order chi connectivity index (χ0) is 23.0. The Bertz CT molecular complexity index is 960. The number of carbonyl (C=O) groups is 3. The van der Waals surface area contributed by atoms with E-state index < -0.39 is 0 Å². The maximum absolute atomic E-state index is 12.6. The first-order chi connectivity index (χ1) is 16.1. The number of piperidine rings is 2. The highest BCUT2D eigenvalue weighted by Gasteiger charge is 2.19. The lowest BCUT2D eigenvalue weighted by Crippen LogP contribution is -2.35. The second-order valence-corrected chi connectivity index (χ2v) is 8.76. The van der Waals surface area contributed by atoms with Crippen LogP contribution in [0.25, 0.3) is 0 Å². The Kier molecular flexibility index (Phi) is 7.60. The van der Waals surface area contributed by atoms with Crippen molar-refractivity contribution in [2.24, 2.45) is 0 Å². The van der Waals surface area contributed by atoms with Crippen LogP contribution in [0.4, 0.5) is 11.4 Å². The first-order valence-electron chi connectivity index (χ1n) is 11.9. The van der Waals surface area contributed by atoms with Crippen molar-refractivity contribution in [3.8, 4) is 0 Å². The third-order valence-corrected chi connectivity index (χ3v) is 6.29. The molecule has 2 aliphatic heterocycles. The number of benzene rings is 2. The molecule has 0 aromatic heterocycles. The van der Waals surface area contributed by atoms with Crippen molar-refractivity contribution in [1.82, 2.24) is 9.80 Å². The van der Waals surface area contributed by atoms with Gasteiger partial charge in [0.25, 0.3) is 11.8 Å². The molecule has 4 rings (SSSR count). The van der Waals surface area contributed by atoms with E-state index in [0.717, 1.165) is 57.5 Å². The van der Waals surface area contributed by atoms with Crippen LogP contribution in [0.1, 0.15) is 59.2 Å². The summed E-state index contributed by atoms with van der Waals surface area (Å²) in [4.78, 5) is 41.2. The molecule has 0 unspecified atom stereocenters. The van der Waals surface area contributed by atoms with Crippen molar-refractivity contribution in [3.63, 3.8) is 0 Å². The highest BCUT2D eigenvalue weighted by molar-refractivity contribution is 5.97. The van der Waals surface area contributed by atoms with E-state index in [0.29, 0.717) is 16.8 Å². The lowest BCUT2D eigenvalue weighted by Gasteiger charge is -2.26. The summed E-state index contributed by atoms with van der Waals surface area (Å²) in [7, 11) is 0. The Morgan fingerprint density at radius 1 is 0.606 bits per heavy atom. The molecule has 2 N–H and O–H groups in total. The average Bonchev–Trinajstić information content (AvgIpc) is 2.88. The van der Waals surface area contributed by atoms with E-state index in [9.17, 15) is 14.4 Å². The molecule has 0 saturated carbocycles. The zero-order valence-electron chi connectivity index (χ0n) is 19.0. The number of anilines is 2. The van der Waals surface area contributed by atoms with Crippen LogP contribution in [0.5, 0.6) is 0 Å². The fourth-order valence-corrected chi connectivity index (χ4v) is 4.37. The SMILES string of the molecule is O=C(CNc1ccc(C(=O)N2CCCCC2)cc1)Nc1ccc(C(=O)N2CCCCC2)cc1. The molecule has 0 atom stereocenters. The van der Waals surface area contributed by atoms with Gasteiger partial charge in [0.2, 0.25) is 5.91 Å². The molecule has 2 fully saturated rings. The van der Waals surface area contributed by atoms with E-state index in [1.807, 2.05) is 21.9 Å². The minimum absolute atomic E-state index is 0.0523. The van der Waals surface area contributed by atoms with Gasteiger partial charge in [-0.2, -0.15) is 0 Å². The van der Waals surface area contributed by atoms with Gasteiger partial charge in [0.1, 0.15) is 0 Å². The van der Waals surface area contributed by atoms with Gasteiger partial charge in [0.15, 0.2) is 0 Å². The molecule has 2 heterocycles. The molecule has 2 saturated heterocycles. The molecular weight excluding hydrogens is 416 g/mol. The number of hydrogen-bond donors (Lipinski definition) is 2. The molecule has 3 amide bonds. The van der Waals surface area contributed by atoms with Gasteiger partial charge in [-0.1, -0.05) is 0 Å². The topological polar surface area (TPSA) is 81.8 Å². The normalized spacial score (nSPS) is 16.2. The number of carbonyl (C=O) groups excluding carboxylic acids is 3. The van der Waals surface area contributed by atoms with Gasteiger partial charge >= 0.3 is 0 Å². The quantitative estimate of drug-likeness (QED) is 0.700. The van der Waals surface area contributed by atoms with Gasteiger partial charge in [-0.3, -0.25) is 14.4 Å². The molecule has 33 heavy (non-hydrogen) atoms. The number of rotatable bonds is 6. The largest absolute Gasteiger partial charge is 0.376 e. The van der Waals surface area contributed by atoms with Gasteiger partial charge in [0, 0.05) is 48.7 Å². The summed E-state index contributed by atoms with van der Waals surface area (Å²) in [5.74, 6) is -0.0590. The highest BCUT2D eigenvalue weighted by atomic mass is 16.2. The van der Waals surface area contributed by atoms with Crippen molar-refractivity contribution in [3.05, 3.63) is 59.7 Å². The van der Waals surface area contributed by atoms with Crippen LogP contribution in [0.3, 0.4) is 0 Å². The molecule has 174 valence electrons. The van der Waals surface area contributed by atoms with Crippen LogP contribution < -0.4 is 10.6 Å². The Morgan fingerprint density at radius 2 is 1.03 bits per heavy atom. The number of likely N-dealkylation sites (tertiary alicyclic amines) is 2. The number of hydrogen-bond acceptors (Lipinski definition) is 4. The lowest BCUT2D eigenvalue weighted by molar-refractivity contribution is -0.114. The molecule has 7 nitrogen and oxygen atoms in total. The van der Waals surface area contributed by atoms with E-state index in [1.54, 1.807) is 36.4 Å². The van der Waals surface area contributed by atoms with Gasteiger partial charge < -0.3 is 20.4 Å². The predicted octanol–water partition coefficient (Wildman–Crippen LogP) is 3.99. The van der Waals surface area contributed by atoms with Gasteiger partial charge in [-0.15, -0.1) is 0 Å². The maximum Gasteiger partial charge on any atom is 0.253 e. The summed E-state index contributed by atoms with van der Waals surface area (Å²) in [5, 5.41) is 5.93. The number of nitrogens with one attached hydrogen (secondary N) is 2. The second kappa shape index (κ2) is 11.0. The molecule has 0 spiro atoms. The lowest BCUT2D eigenvalue weighted by atomic mass is 10.1. The number of nitrogens with zero attached hydrogens (tertiary/aromatic N) is 2. The van der Waals surface area contributed by atoms with Crippen molar-refractivity contribution in [1.29, 1.82) is 0 Å². The summed E-state index contributed by atoms with van der Waals surface area (Å²) in [6, 6.07) is 14.3. The molecule has 2 aliphatic rings. The zero-order valence-corrected chi connectivity index (χ0v) is 19.0. The summed E-state index contributed by atoms with van der Waals surface area (Å²) < 4.78 is 0.